The van der Waals surface area contributed by atoms with Crippen LogP contribution in [0.5, 0.6) is 0 Å². The molecule has 4 aliphatic carbocycles. The summed E-state index contributed by atoms with van der Waals surface area (Å²) < 4.78 is 17.8. The molecule has 3 aromatic heterocycles. The first-order chi connectivity index (χ1) is 38.7. The first kappa shape index (κ1) is 45.1. The van der Waals surface area contributed by atoms with Gasteiger partial charge in [0, 0.05) is 54.5 Å². The molecule has 3 saturated carbocycles. The van der Waals surface area contributed by atoms with Gasteiger partial charge in [0.15, 0.2) is 11.2 Å². The van der Waals surface area contributed by atoms with Crippen molar-refractivity contribution in [2.24, 2.45) is 23.7 Å². The maximum Gasteiger partial charge on any atom is 0.333 e. The minimum Gasteiger partial charge on any atom is -0.454 e. The van der Waals surface area contributed by atoms with Gasteiger partial charge in [-0.05, 0) is 202 Å². The van der Waals surface area contributed by atoms with Crippen LogP contribution in [-0.2, 0) is 17.3 Å². The molecule has 4 nitrogen and oxygen atoms in total. The number of aryl methyl sites for hydroxylation is 1. The highest BCUT2D eigenvalue weighted by Crippen LogP contribution is 2.59. The lowest BCUT2D eigenvalue weighted by Gasteiger charge is -2.43. The van der Waals surface area contributed by atoms with Gasteiger partial charge in [-0.15, -0.1) is 0 Å². The fourth-order valence-corrected chi connectivity index (χ4v) is 17.2. The molecule has 384 valence electrons. The summed E-state index contributed by atoms with van der Waals surface area (Å²) in [4.78, 5) is 2.62. The van der Waals surface area contributed by atoms with E-state index in [1.54, 1.807) is 5.57 Å². The number of hydrogen-bond acceptors (Lipinski definition) is 3. The number of anilines is 3. The van der Waals surface area contributed by atoms with Crippen LogP contribution in [-0.4, -0.2) is 11.3 Å². The van der Waals surface area contributed by atoms with Gasteiger partial charge >= 0.3 is 6.85 Å². The standard InChI is InChI=1S/C74H63BN2O2/c1-5-6-14-43-21-27-63(55(31-43)44-15-8-7-9-16-44)76-69-62(26-25-54-57-33-45-17-10-11-18-46(45)34-66(57)79-71(54)69)75-67-58(38-61-53-19-12-13-20-65(53)78-72(61)70(67)76)60-37-52(74(4)39-48-22-23-49(40-74)42(48)2)36-59-56-35-51(24-28-64(56)77(75)68(59)60)73(3)30-29-47-32-50(47)41-73/h7-13,15-21,24-29,31,33-38,42,48-50H,5-6,14,22-23,30,32,39-41H2,1-4H3. The van der Waals surface area contributed by atoms with Crippen LogP contribution in [0.4, 0.5) is 17.1 Å². The van der Waals surface area contributed by atoms with E-state index in [0.29, 0.717) is 0 Å². The van der Waals surface area contributed by atoms with Gasteiger partial charge in [0.1, 0.15) is 11.2 Å². The fourth-order valence-electron chi connectivity index (χ4n) is 17.2. The van der Waals surface area contributed by atoms with Gasteiger partial charge in [-0.1, -0.05) is 143 Å². The molecule has 18 rings (SSSR count). The lowest BCUT2D eigenvalue weighted by molar-refractivity contribution is 0.162. The average Bonchev–Trinajstić information content (AvgIpc) is 3.93. The van der Waals surface area contributed by atoms with E-state index in [-0.39, 0.29) is 17.7 Å². The summed E-state index contributed by atoms with van der Waals surface area (Å²) in [6.45, 7) is 9.84. The zero-order valence-electron chi connectivity index (χ0n) is 45.8. The Morgan fingerprint density at radius 2 is 1.37 bits per heavy atom. The van der Waals surface area contributed by atoms with E-state index < -0.39 is 0 Å². The summed E-state index contributed by atoms with van der Waals surface area (Å²) in [6.07, 6.45) is 14.8. The number of allylic oxidation sites excluding steroid dienone is 2. The third-order valence-electron chi connectivity index (χ3n) is 21.4. The van der Waals surface area contributed by atoms with Crippen LogP contribution in [0, 0.1) is 23.7 Å². The van der Waals surface area contributed by atoms with E-state index in [4.69, 9.17) is 8.83 Å². The van der Waals surface area contributed by atoms with E-state index in [2.05, 4.69) is 201 Å². The molecule has 5 heterocycles. The molecule has 0 radical (unpaired) electrons. The molecule has 0 amide bonds. The monoisotopic (exact) mass is 1020 g/mol. The van der Waals surface area contributed by atoms with Gasteiger partial charge in [-0.2, -0.15) is 0 Å². The molecule has 9 aromatic carbocycles. The van der Waals surface area contributed by atoms with Crippen LogP contribution in [0.2, 0.25) is 0 Å². The lowest BCUT2D eigenvalue weighted by Crippen LogP contribution is -2.56. The van der Waals surface area contributed by atoms with Crippen LogP contribution in [0.15, 0.2) is 178 Å². The fraction of sp³-hybridized carbons (Fsp3) is 0.270. The van der Waals surface area contributed by atoms with Crippen LogP contribution in [0.25, 0.3) is 98.7 Å². The average molecular weight is 1020 g/mol. The number of furan rings is 2. The van der Waals surface area contributed by atoms with E-state index in [0.717, 1.165) is 110 Å². The van der Waals surface area contributed by atoms with E-state index >= 15 is 0 Å². The molecular formula is C74H63BN2O2. The highest BCUT2D eigenvalue weighted by Gasteiger charge is 2.50. The third-order valence-corrected chi connectivity index (χ3v) is 21.4. The Hall–Kier alpha value is -7.76. The largest absolute Gasteiger partial charge is 0.454 e. The number of aromatic nitrogens is 1. The van der Waals surface area contributed by atoms with Crippen LogP contribution in [0.1, 0.15) is 102 Å². The van der Waals surface area contributed by atoms with E-state index in [9.17, 15) is 0 Å². The van der Waals surface area contributed by atoms with Gasteiger partial charge in [-0.25, -0.2) is 0 Å². The molecule has 12 aromatic rings. The molecule has 3 fully saturated rings. The second kappa shape index (κ2) is 16.0. The van der Waals surface area contributed by atoms with Crippen molar-refractivity contribution in [3.05, 3.63) is 186 Å². The summed E-state index contributed by atoms with van der Waals surface area (Å²) in [7, 11) is 0. The Kier molecular flexibility index (Phi) is 9.12. The summed E-state index contributed by atoms with van der Waals surface area (Å²) in [5.41, 5.74) is 23.4. The smallest absolute Gasteiger partial charge is 0.333 e. The Morgan fingerprint density at radius 3 is 2.20 bits per heavy atom. The molecule has 2 aliphatic heterocycles. The second-order valence-electron chi connectivity index (χ2n) is 26.0. The minimum atomic E-state index is -0.192. The minimum absolute atomic E-state index is 0.0708. The molecule has 79 heavy (non-hydrogen) atoms. The van der Waals surface area contributed by atoms with Crippen LogP contribution in [0.3, 0.4) is 0 Å². The van der Waals surface area contributed by atoms with Gasteiger partial charge in [-0.3, -0.25) is 0 Å². The predicted molar refractivity (Wildman–Crippen MR) is 331 cm³/mol. The van der Waals surface area contributed by atoms with Crippen molar-refractivity contribution in [3.63, 3.8) is 0 Å². The molecule has 0 spiro atoms. The van der Waals surface area contributed by atoms with Crippen molar-refractivity contribution >= 4 is 111 Å². The van der Waals surface area contributed by atoms with Crippen molar-refractivity contribution in [1.82, 2.24) is 4.48 Å². The molecule has 4 atom stereocenters. The number of benzene rings is 9. The Balaban J connectivity index is 1.01. The molecular weight excluding hydrogens is 960 g/mol. The zero-order chi connectivity index (χ0) is 52.2. The Bertz CT molecular complexity index is 4670. The molecule has 4 unspecified atom stereocenters. The maximum absolute atomic E-state index is 7.52. The molecule has 6 aliphatic rings. The molecule has 2 bridgehead atoms. The van der Waals surface area contributed by atoms with Gasteiger partial charge in [0.05, 0.1) is 17.1 Å². The summed E-state index contributed by atoms with van der Waals surface area (Å²) in [5.74, 6) is 3.08. The summed E-state index contributed by atoms with van der Waals surface area (Å²) >= 11 is 0. The second-order valence-corrected chi connectivity index (χ2v) is 26.0. The summed E-state index contributed by atoms with van der Waals surface area (Å²) in [5, 5.41) is 9.73. The topological polar surface area (TPSA) is 34.5 Å². The Morgan fingerprint density at radius 1 is 0.595 bits per heavy atom. The maximum atomic E-state index is 7.52. The van der Waals surface area contributed by atoms with Crippen LogP contribution >= 0.6 is 0 Å². The van der Waals surface area contributed by atoms with Crippen molar-refractivity contribution in [1.29, 1.82) is 0 Å². The van der Waals surface area contributed by atoms with Crippen LogP contribution < -0.4 is 15.8 Å². The molecule has 0 N–H and O–H groups in total. The highest BCUT2D eigenvalue weighted by molar-refractivity contribution is 6.90. The number of para-hydroxylation sites is 1. The van der Waals surface area contributed by atoms with Crippen molar-refractivity contribution in [2.45, 2.75) is 103 Å². The number of nitrogens with zero attached hydrogens (tertiary/aromatic N) is 2. The third kappa shape index (κ3) is 6.23. The van der Waals surface area contributed by atoms with Gasteiger partial charge in [0.25, 0.3) is 0 Å². The lowest BCUT2D eigenvalue weighted by atomic mass is 9.45. The Labute approximate surface area is 461 Å². The first-order valence-electron chi connectivity index (χ1n) is 29.9. The quantitative estimate of drug-likeness (QED) is 0.118. The number of unbranched alkanes of at least 4 members (excludes halogenated alkanes) is 1. The zero-order valence-corrected chi connectivity index (χ0v) is 45.8. The molecule has 0 saturated heterocycles. The molecule has 5 heteroatoms. The number of fused-ring (bicyclic) bond motifs is 19. The highest BCUT2D eigenvalue weighted by atomic mass is 16.3. The van der Waals surface area contributed by atoms with Crippen molar-refractivity contribution in [2.75, 3.05) is 4.90 Å². The van der Waals surface area contributed by atoms with Gasteiger partial charge in [0.2, 0.25) is 0 Å². The van der Waals surface area contributed by atoms with Crippen molar-refractivity contribution < 1.29 is 8.83 Å². The van der Waals surface area contributed by atoms with Gasteiger partial charge < -0.3 is 18.2 Å². The number of hydrogen-bond donors (Lipinski definition) is 0. The first-order valence-corrected chi connectivity index (χ1v) is 29.9. The predicted octanol–water partition coefficient (Wildman–Crippen LogP) is 18.9. The summed E-state index contributed by atoms with van der Waals surface area (Å²) in [6, 6.07) is 61.0. The normalized spacial score (nSPS) is 23.6. The van der Waals surface area contributed by atoms with Crippen molar-refractivity contribution in [3.8, 4) is 22.3 Å². The number of rotatable bonds is 7. The van der Waals surface area contributed by atoms with E-state index in [1.807, 2.05) is 0 Å². The SMILES string of the molecule is CCCCc1ccc(N2c3c(ccc4c3oc3cc5ccccc5cc34)B3c4c(cc5c(oc6ccccc65)c42)-c2cc(C4(C)CC5CCC(C4)C5C)cc4c5cc(C6(C)CC=C7CC7C6)ccc5n3c24)c(-c2ccccc2)c1. The van der Waals surface area contributed by atoms with E-state index in [1.165, 1.54) is 121 Å².